The van der Waals surface area contributed by atoms with E-state index in [0.29, 0.717) is 0 Å². The first-order valence-electron chi connectivity index (χ1n) is 6.45. The minimum atomic E-state index is -1.34. The molecule has 7 nitrogen and oxygen atoms in total. The largest absolute Gasteiger partial charge is 0.508 e. The van der Waals surface area contributed by atoms with Crippen molar-refractivity contribution in [3.8, 4) is 17.2 Å². The van der Waals surface area contributed by atoms with Crippen molar-refractivity contribution >= 4 is 17.5 Å². The Hall–Kier alpha value is -3.35. The molecule has 1 aliphatic carbocycles. The number of carbonyl (C=O) groups is 3. The van der Waals surface area contributed by atoms with Gasteiger partial charge in [-0.05, 0) is 18.2 Å². The predicted octanol–water partition coefficient (Wildman–Crippen LogP) is 1.58. The summed E-state index contributed by atoms with van der Waals surface area (Å²) in [6.45, 7) is 0. The van der Waals surface area contributed by atoms with Crippen LogP contribution in [0.15, 0.2) is 24.3 Å². The quantitative estimate of drug-likeness (QED) is 0.656. The number of hydrogen-bond acceptors (Lipinski definition) is 6. The molecule has 2 aromatic rings. The number of phenols is 2. The van der Waals surface area contributed by atoms with Crippen molar-refractivity contribution in [2.75, 3.05) is 7.11 Å². The van der Waals surface area contributed by atoms with Crippen molar-refractivity contribution in [3.05, 3.63) is 52.1 Å². The Balaban J connectivity index is 2.35. The second-order valence-corrected chi connectivity index (χ2v) is 4.95. The molecular formula is C16H10O7. The molecule has 116 valence electrons. The van der Waals surface area contributed by atoms with Crippen LogP contribution in [0.4, 0.5) is 0 Å². The molecule has 23 heavy (non-hydrogen) atoms. The van der Waals surface area contributed by atoms with Gasteiger partial charge in [-0.15, -0.1) is 0 Å². The van der Waals surface area contributed by atoms with Gasteiger partial charge in [0.05, 0.1) is 23.8 Å². The topological polar surface area (TPSA) is 121 Å². The Labute approximate surface area is 129 Å². The third kappa shape index (κ3) is 2.02. The van der Waals surface area contributed by atoms with Gasteiger partial charge in [0.1, 0.15) is 17.2 Å². The van der Waals surface area contributed by atoms with Crippen LogP contribution in [0, 0.1) is 0 Å². The van der Waals surface area contributed by atoms with Gasteiger partial charge in [0.2, 0.25) is 5.78 Å². The van der Waals surface area contributed by atoms with Gasteiger partial charge in [-0.2, -0.15) is 0 Å². The van der Waals surface area contributed by atoms with Crippen molar-refractivity contribution in [1.29, 1.82) is 0 Å². The number of rotatable bonds is 2. The monoisotopic (exact) mass is 314 g/mol. The number of ketones is 2. The molecule has 0 fully saturated rings. The standard InChI is InChI=1S/C16H10O7/c1-23-11-5-7(17)4-9-13(11)15(20)12-8(14(9)19)2-6(16(21)22)3-10(12)18/h2-5,17-18H,1H3,(H,21,22). The fourth-order valence-electron chi connectivity index (χ4n) is 2.61. The van der Waals surface area contributed by atoms with Crippen molar-refractivity contribution in [2.45, 2.75) is 0 Å². The summed E-state index contributed by atoms with van der Waals surface area (Å²) in [7, 11) is 1.27. The number of aromatic carboxylic acids is 1. The van der Waals surface area contributed by atoms with Crippen LogP contribution in [0.1, 0.15) is 42.2 Å². The minimum absolute atomic E-state index is 0.00860. The number of ether oxygens (including phenoxy) is 1. The van der Waals surface area contributed by atoms with E-state index in [1.54, 1.807) is 0 Å². The molecule has 0 spiro atoms. The maximum atomic E-state index is 12.6. The number of fused-ring (bicyclic) bond motifs is 2. The van der Waals surface area contributed by atoms with Gasteiger partial charge in [0.25, 0.3) is 0 Å². The van der Waals surface area contributed by atoms with E-state index in [0.717, 1.165) is 18.2 Å². The lowest BCUT2D eigenvalue weighted by Gasteiger charge is -2.21. The van der Waals surface area contributed by atoms with E-state index in [1.807, 2.05) is 0 Å². The summed E-state index contributed by atoms with van der Waals surface area (Å²) in [6.07, 6.45) is 0. The third-order valence-corrected chi connectivity index (χ3v) is 3.61. The second kappa shape index (κ2) is 4.84. The van der Waals surface area contributed by atoms with Crippen molar-refractivity contribution in [2.24, 2.45) is 0 Å². The smallest absolute Gasteiger partial charge is 0.335 e. The summed E-state index contributed by atoms with van der Waals surface area (Å²) in [5, 5.41) is 28.7. The summed E-state index contributed by atoms with van der Waals surface area (Å²) >= 11 is 0. The molecule has 0 saturated carbocycles. The van der Waals surface area contributed by atoms with E-state index >= 15 is 0 Å². The predicted molar refractivity (Wildman–Crippen MR) is 76.6 cm³/mol. The zero-order chi connectivity index (χ0) is 16.9. The first-order valence-corrected chi connectivity index (χ1v) is 6.45. The molecule has 0 amide bonds. The fourth-order valence-corrected chi connectivity index (χ4v) is 2.61. The van der Waals surface area contributed by atoms with Gasteiger partial charge in [0.15, 0.2) is 5.78 Å². The molecule has 3 rings (SSSR count). The average molecular weight is 314 g/mol. The molecule has 0 heterocycles. The Bertz CT molecular complexity index is 896. The molecule has 0 aromatic heterocycles. The average Bonchev–Trinajstić information content (AvgIpc) is 2.50. The van der Waals surface area contributed by atoms with Crippen molar-refractivity contribution < 1.29 is 34.4 Å². The molecule has 7 heteroatoms. The highest BCUT2D eigenvalue weighted by molar-refractivity contribution is 6.30. The number of methoxy groups -OCH3 is 1. The molecule has 0 bridgehead atoms. The number of phenolic OH excluding ortho intramolecular Hbond substituents is 2. The Morgan fingerprint density at radius 1 is 0.957 bits per heavy atom. The Kier molecular flexibility index (Phi) is 3.07. The first-order chi connectivity index (χ1) is 10.8. The molecule has 0 aliphatic heterocycles. The van der Waals surface area contributed by atoms with E-state index in [-0.39, 0.29) is 39.3 Å². The summed E-state index contributed by atoms with van der Waals surface area (Å²) in [6, 6.07) is 4.21. The lowest BCUT2D eigenvalue weighted by Crippen LogP contribution is -2.22. The van der Waals surface area contributed by atoms with Crippen LogP contribution in [-0.2, 0) is 0 Å². The van der Waals surface area contributed by atoms with Crippen LogP contribution in [-0.4, -0.2) is 40.0 Å². The van der Waals surface area contributed by atoms with Crippen LogP contribution >= 0.6 is 0 Å². The van der Waals surface area contributed by atoms with Gasteiger partial charge < -0.3 is 20.1 Å². The van der Waals surface area contributed by atoms with Crippen molar-refractivity contribution in [3.63, 3.8) is 0 Å². The lowest BCUT2D eigenvalue weighted by atomic mass is 9.82. The van der Waals surface area contributed by atoms with E-state index in [2.05, 4.69) is 0 Å². The summed E-state index contributed by atoms with van der Waals surface area (Å²) in [5.41, 5.74) is -1.02. The number of carbonyl (C=O) groups excluding carboxylic acids is 2. The molecule has 0 unspecified atom stereocenters. The highest BCUT2D eigenvalue weighted by atomic mass is 16.5. The number of aromatic hydroxyl groups is 2. The number of carboxylic acids is 1. The fraction of sp³-hybridized carbons (Fsp3) is 0.0625. The van der Waals surface area contributed by atoms with Gasteiger partial charge in [0, 0.05) is 17.2 Å². The zero-order valence-corrected chi connectivity index (χ0v) is 11.8. The van der Waals surface area contributed by atoms with Crippen LogP contribution < -0.4 is 4.74 Å². The maximum absolute atomic E-state index is 12.6. The third-order valence-electron chi connectivity index (χ3n) is 3.61. The second-order valence-electron chi connectivity index (χ2n) is 4.95. The van der Waals surface area contributed by atoms with Crippen LogP contribution in [0.3, 0.4) is 0 Å². The molecule has 3 N–H and O–H groups in total. The summed E-state index contributed by atoms with van der Waals surface area (Å²) in [4.78, 5) is 36.3. The Morgan fingerprint density at radius 3 is 2.22 bits per heavy atom. The number of benzene rings is 2. The van der Waals surface area contributed by atoms with Gasteiger partial charge in [-0.25, -0.2) is 4.79 Å². The van der Waals surface area contributed by atoms with E-state index in [1.165, 1.54) is 13.2 Å². The summed E-state index contributed by atoms with van der Waals surface area (Å²) < 4.78 is 5.02. The van der Waals surface area contributed by atoms with Crippen LogP contribution in [0.5, 0.6) is 17.2 Å². The molecule has 0 radical (unpaired) electrons. The van der Waals surface area contributed by atoms with Gasteiger partial charge >= 0.3 is 5.97 Å². The maximum Gasteiger partial charge on any atom is 0.335 e. The highest BCUT2D eigenvalue weighted by Crippen LogP contribution is 2.39. The SMILES string of the molecule is COc1cc(O)cc2c1C(=O)c1c(O)cc(C(=O)O)cc1C2=O. The molecule has 2 aromatic carbocycles. The summed E-state index contributed by atoms with van der Waals surface area (Å²) in [5.74, 6) is -3.58. The Morgan fingerprint density at radius 2 is 1.61 bits per heavy atom. The first kappa shape index (κ1) is 14.6. The van der Waals surface area contributed by atoms with Crippen molar-refractivity contribution in [1.82, 2.24) is 0 Å². The zero-order valence-electron chi connectivity index (χ0n) is 11.8. The number of carboxylic acid groups (broad SMARTS) is 1. The lowest BCUT2D eigenvalue weighted by molar-refractivity contribution is 0.0695. The van der Waals surface area contributed by atoms with E-state index in [9.17, 15) is 24.6 Å². The van der Waals surface area contributed by atoms with Gasteiger partial charge in [-0.1, -0.05) is 0 Å². The van der Waals surface area contributed by atoms with Crippen LogP contribution in [0.2, 0.25) is 0 Å². The molecule has 0 atom stereocenters. The molecule has 0 saturated heterocycles. The number of hydrogen-bond donors (Lipinski definition) is 3. The minimum Gasteiger partial charge on any atom is -0.508 e. The van der Waals surface area contributed by atoms with Crippen LogP contribution in [0.25, 0.3) is 0 Å². The van der Waals surface area contributed by atoms with E-state index in [4.69, 9.17) is 9.84 Å². The van der Waals surface area contributed by atoms with Gasteiger partial charge in [-0.3, -0.25) is 9.59 Å². The van der Waals surface area contributed by atoms with E-state index < -0.39 is 23.3 Å². The normalized spacial score (nSPS) is 12.6. The molecule has 1 aliphatic rings. The molecular weight excluding hydrogens is 304 g/mol. The highest BCUT2D eigenvalue weighted by Gasteiger charge is 2.36.